The van der Waals surface area contributed by atoms with Crippen molar-refractivity contribution in [3.8, 4) is 0 Å². The fourth-order valence-corrected chi connectivity index (χ4v) is 1.51. The van der Waals surface area contributed by atoms with Crippen LogP contribution >= 0.6 is 0 Å². The summed E-state index contributed by atoms with van der Waals surface area (Å²) in [5, 5.41) is 6.53. The largest absolute Gasteiger partial charge is 0.331 e. The predicted octanol–water partition coefficient (Wildman–Crippen LogP) is -0.502. The van der Waals surface area contributed by atoms with Crippen molar-refractivity contribution in [2.45, 2.75) is 18.8 Å². The van der Waals surface area contributed by atoms with Gasteiger partial charge in [-0.1, -0.05) is 0 Å². The summed E-state index contributed by atoms with van der Waals surface area (Å²) in [6.45, 7) is 4.31. The molecule has 0 saturated carbocycles. The van der Waals surface area contributed by atoms with Gasteiger partial charge in [0.2, 0.25) is 0 Å². The second-order valence-corrected chi connectivity index (χ2v) is 3.69. The van der Waals surface area contributed by atoms with Crippen molar-refractivity contribution in [2.24, 2.45) is 5.73 Å². The molecule has 0 rings (SSSR count). The minimum Gasteiger partial charge on any atom is -0.331 e. The van der Waals surface area contributed by atoms with Gasteiger partial charge in [-0.15, -0.1) is 0 Å². The highest BCUT2D eigenvalue weighted by molar-refractivity contribution is 4.59. The number of methoxy groups -OCH3 is 3. The van der Waals surface area contributed by atoms with Crippen LogP contribution in [0.15, 0.2) is 0 Å². The van der Waals surface area contributed by atoms with E-state index < -0.39 is 5.97 Å². The van der Waals surface area contributed by atoms with E-state index >= 15 is 0 Å². The lowest BCUT2D eigenvalue weighted by molar-refractivity contribution is -0.355. The molecule has 0 aliphatic rings. The molecule has 6 nitrogen and oxygen atoms in total. The quantitative estimate of drug-likeness (QED) is 0.320. The number of ether oxygens (including phenoxy) is 3. The molecule has 104 valence electrons. The molecule has 0 aliphatic heterocycles. The number of nitrogens with two attached hydrogens (primary N) is 1. The zero-order valence-electron chi connectivity index (χ0n) is 11.3. The smallest absolute Gasteiger partial charge is 0.282 e. The highest BCUT2D eigenvalue weighted by atomic mass is 16.9. The number of hydrogen-bond acceptors (Lipinski definition) is 6. The highest BCUT2D eigenvalue weighted by Gasteiger charge is 2.28. The Morgan fingerprint density at radius 2 is 1.41 bits per heavy atom. The molecule has 0 aromatic carbocycles. The van der Waals surface area contributed by atoms with E-state index in [-0.39, 0.29) is 0 Å². The second kappa shape index (κ2) is 10.9. The van der Waals surface area contributed by atoms with E-state index in [4.69, 9.17) is 19.9 Å². The monoisotopic (exact) mass is 249 g/mol. The summed E-state index contributed by atoms with van der Waals surface area (Å²) in [5.74, 6) is -0.903. The summed E-state index contributed by atoms with van der Waals surface area (Å²) in [6, 6.07) is 0. The average molecular weight is 249 g/mol. The first kappa shape index (κ1) is 16.8. The zero-order chi connectivity index (χ0) is 13.0. The van der Waals surface area contributed by atoms with E-state index in [1.807, 2.05) is 0 Å². The Morgan fingerprint density at radius 3 is 1.88 bits per heavy atom. The van der Waals surface area contributed by atoms with Crippen molar-refractivity contribution in [3.05, 3.63) is 0 Å². The topological polar surface area (TPSA) is 77.8 Å². The van der Waals surface area contributed by atoms with Gasteiger partial charge < -0.3 is 30.6 Å². The van der Waals surface area contributed by atoms with Gasteiger partial charge in [0.05, 0.1) is 0 Å². The summed E-state index contributed by atoms with van der Waals surface area (Å²) < 4.78 is 15.6. The van der Waals surface area contributed by atoms with Crippen molar-refractivity contribution in [2.75, 3.05) is 54.1 Å². The van der Waals surface area contributed by atoms with E-state index in [0.717, 1.165) is 32.6 Å². The summed E-state index contributed by atoms with van der Waals surface area (Å²) in [6.07, 6.45) is 1.62. The van der Waals surface area contributed by atoms with Crippen molar-refractivity contribution < 1.29 is 14.2 Å². The van der Waals surface area contributed by atoms with Crippen LogP contribution in [-0.2, 0) is 14.2 Å². The number of nitrogens with one attached hydrogen (secondary N) is 2. The maximum Gasteiger partial charge on any atom is 0.282 e. The van der Waals surface area contributed by atoms with Crippen LogP contribution < -0.4 is 16.4 Å². The third-order valence-corrected chi connectivity index (χ3v) is 2.57. The van der Waals surface area contributed by atoms with Crippen LogP contribution in [0.3, 0.4) is 0 Å². The molecule has 0 radical (unpaired) electrons. The van der Waals surface area contributed by atoms with Gasteiger partial charge in [-0.3, -0.25) is 0 Å². The first-order chi connectivity index (χ1) is 8.24. The van der Waals surface area contributed by atoms with E-state index in [0.29, 0.717) is 13.0 Å². The van der Waals surface area contributed by atoms with Gasteiger partial charge >= 0.3 is 0 Å². The molecule has 0 spiro atoms. The minimum absolute atomic E-state index is 0.679. The number of rotatable bonds is 12. The maximum absolute atomic E-state index is 5.36. The van der Waals surface area contributed by atoms with Crippen LogP contribution in [0.4, 0.5) is 0 Å². The molecule has 0 bridgehead atoms. The normalized spacial score (nSPS) is 12.0. The Bertz CT molecular complexity index is 158. The fourth-order valence-electron chi connectivity index (χ4n) is 1.51. The summed E-state index contributed by atoms with van der Waals surface area (Å²) in [7, 11) is 4.74. The van der Waals surface area contributed by atoms with Crippen LogP contribution in [0, 0.1) is 0 Å². The van der Waals surface area contributed by atoms with Crippen LogP contribution in [0.5, 0.6) is 0 Å². The molecule has 0 saturated heterocycles. The molecule has 17 heavy (non-hydrogen) atoms. The first-order valence-electron chi connectivity index (χ1n) is 6.01. The standard InChI is InChI=1S/C11H27N3O3/c1-15-11(16-2,17-3)5-4-7-13-9-10-14-8-6-12/h13-14H,4-10,12H2,1-3H3. The van der Waals surface area contributed by atoms with Gasteiger partial charge in [0.15, 0.2) is 0 Å². The van der Waals surface area contributed by atoms with E-state index in [2.05, 4.69) is 10.6 Å². The molecule has 6 heteroatoms. The molecule has 0 aromatic heterocycles. The summed E-state index contributed by atoms with van der Waals surface area (Å²) >= 11 is 0. The van der Waals surface area contributed by atoms with Crippen molar-refractivity contribution in [3.63, 3.8) is 0 Å². The van der Waals surface area contributed by atoms with Crippen molar-refractivity contribution >= 4 is 0 Å². The van der Waals surface area contributed by atoms with Crippen LogP contribution in [0.2, 0.25) is 0 Å². The first-order valence-corrected chi connectivity index (χ1v) is 6.01. The Kier molecular flexibility index (Phi) is 10.7. The molecule has 0 aliphatic carbocycles. The van der Waals surface area contributed by atoms with Crippen molar-refractivity contribution in [1.82, 2.24) is 10.6 Å². The van der Waals surface area contributed by atoms with Gasteiger partial charge in [0.1, 0.15) is 0 Å². The lowest BCUT2D eigenvalue weighted by Gasteiger charge is -2.28. The Hall–Kier alpha value is -0.240. The van der Waals surface area contributed by atoms with Crippen LogP contribution in [0.1, 0.15) is 12.8 Å². The third kappa shape index (κ3) is 7.64. The summed E-state index contributed by atoms with van der Waals surface area (Å²) in [4.78, 5) is 0. The summed E-state index contributed by atoms with van der Waals surface area (Å²) in [5.41, 5.74) is 5.36. The maximum atomic E-state index is 5.36. The lowest BCUT2D eigenvalue weighted by Crippen LogP contribution is -2.37. The van der Waals surface area contributed by atoms with Gasteiger partial charge in [-0.2, -0.15) is 0 Å². The fraction of sp³-hybridized carbons (Fsp3) is 1.00. The average Bonchev–Trinajstić information content (AvgIpc) is 2.38. The highest BCUT2D eigenvalue weighted by Crippen LogP contribution is 2.18. The van der Waals surface area contributed by atoms with E-state index in [1.54, 1.807) is 21.3 Å². The van der Waals surface area contributed by atoms with Gasteiger partial charge in [0.25, 0.3) is 5.97 Å². The van der Waals surface area contributed by atoms with Crippen molar-refractivity contribution in [1.29, 1.82) is 0 Å². The van der Waals surface area contributed by atoms with Gasteiger partial charge in [-0.05, 0) is 13.0 Å². The van der Waals surface area contributed by atoms with Gasteiger partial charge in [0, 0.05) is 53.9 Å². The lowest BCUT2D eigenvalue weighted by atomic mass is 10.2. The molecular formula is C11H27N3O3. The van der Waals surface area contributed by atoms with Gasteiger partial charge in [-0.25, -0.2) is 0 Å². The third-order valence-electron chi connectivity index (χ3n) is 2.57. The molecule has 0 amide bonds. The molecular weight excluding hydrogens is 222 g/mol. The predicted molar refractivity (Wildman–Crippen MR) is 67.8 cm³/mol. The van der Waals surface area contributed by atoms with Crippen LogP contribution in [0.25, 0.3) is 0 Å². The zero-order valence-corrected chi connectivity index (χ0v) is 11.3. The molecule has 0 fully saturated rings. The minimum atomic E-state index is -0.903. The van der Waals surface area contributed by atoms with Crippen LogP contribution in [-0.4, -0.2) is 60.0 Å². The number of hydrogen-bond donors (Lipinski definition) is 3. The molecule has 0 aromatic rings. The second-order valence-electron chi connectivity index (χ2n) is 3.69. The SMILES string of the molecule is COC(CCCNCCNCCN)(OC)OC. The molecule has 0 heterocycles. The Labute approximate surface area is 104 Å². The Balaban J connectivity index is 3.43. The Morgan fingerprint density at radius 1 is 0.882 bits per heavy atom. The molecule has 4 N–H and O–H groups in total. The molecule has 0 atom stereocenters. The van der Waals surface area contributed by atoms with E-state index in [9.17, 15) is 0 Å². The molecule has 0 unspecified atom stereocenters. The van der Waals surface area contributed by atoms with E-state index in [1.165, 1.54) is 0 Å².